The van der Waals surface area contributed by atoms with E-state index >= 15 is 0 Å². The molecule has 0 unspecified atom stereocenters. The van der Waals surface area contributed by atoms with Gasteiger partial charge in [0.1, 0.15) is 0 Å². The summed E-state index contributed by atoms with van der Waals surface area (Å²) in [6.45, 7) is 0. The Morgan fingerprint density at radius 1 is 1.23 bits per heavy atom. The summed E-state index contributed by atoms with van der Waals surface area (Å²) in [6.07, 6.45) is 1.47. The van der Waals surface area contributed by atoms with E-state index < -0.39 is 5.97 Å². The number of benzene rings is 1. The van der Waals surface area contributed by atoms with E-state index in [1.165, 1.54) is 7.48 Å². The molecular formula is C17H19BN3O5. The SMILES string of the molecule is O=C(O)C[C@@H]1CC[C@H](NC(=O)CCc2nnc(-c3ccccc3)o2)[B]O1. The number of hydrogen-bond acceptors (Lipinski definition) is 6. The van der Waals surface area contributed by atoms with Crippen LogP contribution >= 0.6 is 0 Å². The normalized spacial score (nSPS) is 19.5. The van der Waals surface area contributed by atoms with Crippen LogP contribution in [-0.4, -0.2) is 46.7 Å². The monoisotopic (exact) mass is 356 g/mol. The van der Waals surface area contributed by atoms with Crippen molar-refractivity contribution in [1.29, 1.82) is 0 Å². The minimum Gasteiger partial charge on any atom is -0.481 e. The zero-order chi connectivity index (χ0) is 18.4. The molecule has 0 aliphatic carbocycles. The van der Waals surface area contributed by atoms with Crippen LogP contribution < -0.4 is 5.32 Å². The van der Waals surface area contributed by atoms with Gasteiger partial charge in [-0.3, -0.25) is 9.59 Å². The lowest BCUT2D eigenvalue weighted by molar-refractivity contribution is -0.139. The molecule has 1 amide bonds. The van der Waals surface area contributed by atoms with Gasteiger partial charge in [0.2, 0.25) is 17.7 Å². The number of nitrogens with zero attached hydrogens (tertiary/aromatic N) is 2. The number of aryl methyl sites for hydroxylation is 1. The molecule has 2 aromatic rings. The number of carboxylic acid groups (broad SMARTS) is 1. The molecule has 2 N–H and O–H groups in total. The number of amides is 1. The molecule has 1 saturated heterocycles. The standard InChI is InChI=1S/C17H19BN3O5/c22-14(19-13-7-6-12(26-18-13)10-16(23)24)8-9-15-20-21-17(25-15)11-4-2-1-3-5-11/h1-5,12-13H,6-10H2,(H,19,22)(H,23,24)/t12-,13-/m0/s1. The maximum Gasteiger partial charge on any atom is 0.317 e. The number of rotatable bonds is 7. The third-order valence-corrected chi connectivity index (χ3v) is 4.04. The van der Waals surface area contributed by atoms with Crippen LogP contribution in [0.5, 0.6) is 0 Å². The lowest BCUT2D eigenvalue weighted by Gasteiger charge is -2.27. The quantitative estimate of drug-likeness (QED) is 0.721. The van der Waals surface area contributed by atoms with Crippen molar-refractivity contribution in [2.75, 3.05) is 0 Å². The highest BCUT2D eigenvalue weighted by Crippen LogP contribution is 2.18. The van der Waals surface area contributed by atoms with Gasteiger partial charge in [-0.2, -0.15) is 0 Å². The second-order valence-corrected chi connectivity index (χ2v) is 6.11. The van der Waals surface area contributed by atoms with E-state index in [9.17, 15) is 9.59 Å². The second-order valence-electron chi connectivity index (χ2n) is 6.11. The highest BCUT2D eigenvalue weighted by Gasteiger charge is 2.26. The molecule has 0 bridgehead atoms. The van der Waals surface area contributed by atoms with Crippen LogP contribution in [0.4, 0.5) is 0 Å². The van der Waals surface area contributed by atoms with Crippen LogP contribution in [0.15, 0.2) is 34.7 Å². The first-order valence-corrected chi connectivity index (χ1v) is 8.48. The Bertz CT molecular complexity index is 744. The maximum absolute atomic E-state index is 12.1. The molecule has 9 heteroatoms. The summed E-state index contributed by atoms with van der Waals surface area (Å²) in [5.41, 5.74) is 0.834. The van der Waals surface area contributed by atoms with Gasteiger partial charge in [0.25, 0.3) is 0 Å². The number of carbonyl (C=O) groups is 2. The van der Waals surface area contributed by atoms with Crippen LogP contribution in [0.2, 0.25) is 0 Å². The summed E-state index contributed by atoms with van der Waals surface area (Å²) in [6, 6.07) is 9.43. The van der Waals surface area contributed by atoms with Crippen molar-refractivity contribution in [2.24, 2.45) is 0 Å². The Morgan fingerprint density at radius 2 is 2.04 bits per heavy atom. The first-order chi connectivity index (χ1) is 12.6. The molecule has 1 aliphatic rings. The van der Waals surface area contributed by atoms with Gasteiger partial charge in [0.05, 0.1) is 12.5 Å². The van der Waals surface area contributed by atoms with Gasteiger partial charge >= 0.3 is 13.5 Å². The maximum atomic E-state index is 12.1. The van der Waals surface area contributed by atoms with Crippen LogP contribution in [0.25, 0.3) is 11.5 Å². The molecule has 0 saturated carbocycles. The summed E-state index contributed by atoms with van der Waals surface area (Å²) in [7, 11) is 1.51. The fourth-order valence-electron chi connectivity index (χ4n) is 2.71. The molecule has 2 atom stereocenters. The van der Waals surface area contributed by atoms with Crippen molar-refractivity contribution < 1.29 is 23.8 Å². The third kappa shape index (κ3) is 5.16. The number of nitrogens with one attached hydrogen (secondary N) is 1. The van der Waals surface area contributed by atoms with Crippen molar-refractivity contribution >= 4 is 19.4 Å². The van der Waals surface area contributed by atoms with Crippen molar-refractivity contribution in [3.8, 4) is 11.5 Å². The number of hydrogen-bond donors (Lipinski definition) is 2. The smallest absolute Gasteiger partial charge is 0.317 e. The lowest BCUT2D eigenvalue weighted by atomic mass is 9.79. The largest absolute Gasteiger partial charge is 0.481 e. The zero-order valence-corrected chi connectivity index (χ0v) is 14.1. The van der Waals surface area contributed by atoms with Crippen LogP contribution in [-0.2, 0) is 20.7 Å². The van der Waals surface area contributed by atoms with Gasteiger partial charge in [-0.05, 0) is 25.0 Å². The van der Waals surface area contributed by atoms with E-state index in [1.54, 1.807) is 0 Å². The van der Waals surface area contributed by atoms with E-state index in [0.717, 1.165) is 5.56 Å². The molecule has 2 heterocycles. The molecular weight excluding hydrogens is 337 g/mol. The highest BCUT2D eigenvalue weighted by atomic mass is 16.4. The molecule has 0 spiro atoms. The van der Waals surface area contributed by atoms with Gasteiger partial charge in [0, 0.05) is 24.3 Å². The summed E-state index contributed by atoms with van der Waals surface area (Å²) in [4.78, 5) is 22.7. The predicted molar refractivity (Wildman–Crippen MR) is 92.1 cm³/mol. The summed E-state index contributed by atoms with van der Waals surface area (Å²) in [5, 5.41) is 19.5. The molecule has 1 aromatic heterocycles. The Morgan fingerprint density at radius 3 is 2.73 bits per heavy atom. The molecule has 1 aliphatic heterocycles. The fraction of sp³-hybridized carbons (Fsp3) is 0.412. The minimum atomic E-state index is -0.889. The van der Waals surface area contributed by atoms with E-state index in [2.05, 4.69) is 15.5 Å². The van der Waals surface area contributed by atoms with Gasteiger partial charge in [-0.15, -0.1) is 10.2 Å². The Labute approximate surface area is 151 Å². The Balaban J connectivity index is 1.41. The topological polar surface area (TPSA) is 115 Å². The molecule has 1 aromatic carbocycles. The summed E-state index contributed by atoms with van der Waals surface area (Å²) < 4.78 is 10.9. The third-order valence-electron chi connectivity index (χ3n) is 4.04. The summed E-state index contributed by atoms with van der Waals surface area (Å²) in [5.74, 6) is -0.412. The molecule has 1 radical (unpaired) electrons. The first-order valence-electron chi connectivity index (χ1n) is 8.48. The minimum absolute atomic E-state index is 0.0297. The number of carboxylic acids is 1. The van der Waals surface area contributed by atoms with Gasteiger partial charge in [-0.1, -0.05) is 18.2 Å². The van der Waals surface area contributed by atoms with Crippen LogP contribution in [0.3, 0.4) is 0 Å². The van der Waals surface area contributed by atoms with Crippen molar-refractivity contribution in [1.82, 2.24) is 15.5 Å². The number of aliphatic carboxylic acids is 1. The zero-order valence-electron chi connectivity index (χ0n) is 14.1. The average Bonchev–Trinajstić information content (AvgIpc) is 3.11. The van der Waals surface area contributed by atoms with Crippen molar-refractivity contribution in [3.05, 3.63) is 36.2 Å². The van der Waals surface area contributed by atoms with E-state index in [0.29, 0.717) is 31.0 Å². The highest BCUT2D eigenvalue weighted by molar-refractivity contribution is 6.30. The van der Waals surface area contributed by atoms with Crippen molar-refractivity contribution in [3.63, 3.8) is 0 Å². The predicted octanol–water partition coefficient (Wildman–Crippen LogP) is 1.38. The Hall–Kier alpha value is -2.68. The Kier molecular flexibility index (Phi) is 6.01. The second kappa shape index (κ2) is 8.62. The summed E-state index contributed by atoms with van der Waals surface area (Å²) >= 11 is 0. The fourth-order valence-corrected chi connectivity index (χ4v) is 2.71. The number of aromatic nitrogens is 2. The molecule has 26 heavy (non-hydrogen) atoms. The van der Waals surface area contributed by atoms with Gasteiger partial charge in [-0.25, -0.2) is 0 Å². The first kappa shape index (κ1) is 18.1. The molecule has 135 valence electrons. The van der Waals surface area contributed by atoms with Gasteiger partial charge in [0.15, 0.2) is 0 Å². The van der Waals surface area contributed by atoms with E-state index in [-0.39, 0.29) is 30.8 Å². The lowest BCUT2D eigenvalue weighted by Crippen LogP contribution is -2.45. The average molecular weight is 356 g/mol. The van der Waals surface area contributed by atoms with E-state index in [4.69, 9.17) is 14.2 Å². The van der Waals surface area contributed by atoms with Gasteiger partial charge < -0.3 is 19.5 Å². The molecule has 1 fully saturated rings. The van der Waals surface area contributed by atoms with Crippen molar-refractivity contribution in [2.45, 2.75) is 44.1 Å². The van der Waals surface area contributed by atoms with E-state index in [1.807, 2.05) is 30.3 Å². The molecule has 8 nitrogen and oxygen atoms in total. The molecule has 3 rings (SSSR count). The number of carbonyl (C=O) groups excluding carboxylic acids is 1. The van der Waals surface area contributed by atoms with Crippen LogP contribution in [0, 0.1) is 0 Å². The van der Waals surface area contributed by atoms with Crippen LogP contribution in [0.1, 0.15) is 31.6 Å².